The fourth-order valence-corrected chi connectivity index (χ4v) is 2.49. The number of aromatic amines is 1. The number of imidazole rings is 1. The normalized spacial score (nSPS) is 11.6. The molecule has 0 saturated heterocycles. The molecule has 0 atom stereocenters. The minimum absolute atomic E-state index is 0.0846. The number of aromatic nitrogens is 2. The second-order valence-electron chi connectivity index (χ2n) is 7.01. The van der Waals surface area contributed by atoms with Crippen LogP contribution < -0.4 is 5.73 Å². The summed E-state index contributed by atoms with van der Waals surface area (Å²) in [6.07, 6.45) is 2.03. The molecule has 1 aromatic carbocycles. The topological polar surface area (TPSA) is 75.0 Å². The number of benzene rings is 1. The molecule has 2 aromatic rings. The molecule has 23 heavy (non-hydrogen) atoms. The first-order valence-electron chi connectivity index (χ1n) is 8.41. The van der Waals surface area contributed by atoms with E-state index in [1.54, 1.807) is 0 Å². The number of anilines is 1. The Hall–Kier alpha value is -2.04. The molecule has 0 bridgehead atoms. The van der Waals surface area contributed by atoms with Gasteiger partial charge in [-0.2, -0.15) is 0 Å². The van der Waals surface area contributed by atoms with Crippen LogP contribution in [-0.4, -0.2) is 33.9 Å². The van der Waals surface area contributed by atoms with Gasteiger partial charge in [-0.05, 0) is 42.9 Å². The van der Waals surface area contributed by atoms with Gasteiger partial charge in [-0.15, -0.1) is 0 Å². The smallest absolute Gasteiger partial charge is 0.253 e. The number of fused-ring (bicyclic) bond motifs is 1. The number of carbonyl (C=O) groups is 1. The first kappa shape index (κ1) is 17.3. The van der Waals surface area contributed by atoms with Crippen LogP contribution in [-0.2, 0) is 0 Å². The number of carbonyl (C=O) groups excluding carboxylic acids is 1. The van der Waals surface area contributed by atoms with Crippen LogP contribution in [0.5, 0.6) is 0 Å². The van der Waals surface area contributed by atoms with Crippen molar-refractivity contribution in [2.24, 2.45) is 11.8 Å². The summed E-state index contributed by atoms with van der Waals surface area (Å²) in [4.78, 5) is 22.0. The average molecular weight is 316 g/mol. The van der Waals surface area contributed by atoms with E-state index < -0.39 is 0 Å². The highest BCUT2D eigenvalue weighted by molar-refractivity contribution is 5.97. The maximum atomic E-state index is 12.9. The van der Waals surface area contributed by atoms with Crippen LogP contribution in [0.15, 0.2) is 18.2 Å². The number of nitrogen functional groups attached to an aromatic ring is 1. The van der Waals surface area contributed by atoms with Crippen molar-refractivity contribution in [3.8, 4) is 0 Å². The van der Waals surface area contributed by atoms with Crippen molar-refractivity contribution >= 4 is 22.9 Å². The monoisotopic (exact) mass is 316 g/mol. The molecule has 0 aliphatic rings. The van der Waals surface area contributed by atoms with Gasteiger partial charge in [0.1, 0.15) is 0 Å². The highest BCUT2D eigenvalue weighted by atomic mass is 16.2. The van der Waals surface area contributed by atoms with Gasteiger partial charge in [0.15, 0.2) is 5.95 Å². The molecule has 0 saturated carbocycles. The van der Waals surface area contributed by atoms with E-state index in [1.807, 2.05) is 23.1 Å². The van der Waals surface area contributed by atoms with E-state index in [0.29, 0.717) is 23.3 Å². The third kappa shape index (κ3) is 4.71. The molecule has 1 amide bonds. The molecule has 3 N–H and O–H groups in total. The predicted octanol–water partition coefficient (Wildman–Crippen LogP) is 3.68. The Bertz CT molecular complexity index is 648. The maximum absolute atomic E-state index is 12.9. The minimum Gasteiger partial charge on any atom is -0.369 e. The lowest BCUT2D eigenvalue weighted by Crippen LogP contribution is -2.34. The van der Waals surface area contributed by atoms with Crippen LogP contribution in [0.4, 0.5) is 5.95 Å². The van der Waals surface area contributed by atoms with E-state index in [0.717, 1.165) is 37.0 Å². The summed E-state index contributed by atoms with van der Waals surface area (Å²) in [6, 6.07) is 5.53. The molecule has 2 rings (SSSR count). The van der Waals surface area contributed by atoms with Gasteiger partial charge in [0.05, 0.1) is 11.0 Å². The number of nitrogens with zero attached hydrogens (tertiary/aromatic N) is 2. The van der Waals surface area contributed by atoms with Gasteiger partial charge in [-0.25, -0.2) is 4.98 Å². The van der Waals surface area contributed by atoms with Crippen molar-refractivity contribution < 1.29 is 4.79 Å². The molecular weight excluding hydrogens is 288 g/mol. The van der Waals surface area contributed by atoms with Crippen LogP contribution in [0.25, 0.3) is 11.0 Å². The van der Waals surface area contributed by atoms with E-state index >= 15 is 0 Å². The summed E-state index contributed by atoms with van der Waals surface area (Å²) < 4.78 is 0. The average Bonchev–Trinajstić information content (AvgIpc) is 2.85. The number of hydrogen-bond donors (Lipinski definition) is 2. The molecule has 1 aromatic heterocycles. The lowest BCUT2D eigenvalue weighted by atomic mass is 10.1. The Morgan fingerprint density at radius 3 is 2.35 bits per heavy atom. The quantitative estimate of drug-likeness (QED) is 0.818. The molecule has 5 nitrogen and oxygen atoms in total. The molecule has 126 valence electrons. The Morgan fingerprint density at radius 1 is 1.17 bits per heavy atom. The van der Waals surface area contributed by atoms with Gasteiger partial charge < -0.3 is 15.6 Å². The number of nitrogens with one attached hydrogen (secondary N) is 1. The number of nitrogens with two attached hydrogens (primary N) is 1. The zero-order valence-electron chi connectivity index (χ0n) is 14.6. The molecule has 0 unspecified atom stereocenters. The van der Waals surface area contributed by atoms with Crippen LogP contribution >= 0.6 is 0 Å². The van der Waals surface area contributed by atoms with Crippen molar-refractivity contribution in [2.45, 2.75) is 40.5 Å². The standard InChI is InChI=1S/C18H28N4O/c1-12(2)7-9-22(10-8-13(3)4)17(23)14-5-6-15-16(11-14)21-18(19)20-15/h5-6,11-13H,7-10H2,1-4H3,(H3,19,20,21). The van der Waals surface area contributed by atoms with Crippen LogP contribution in [0.1, 0.15) is 50.9 Å². The number of rotatable bonds is 7. The van der Waals surface area contributed by atoms with Crippen molar-refractivity contribution in [3.05, 3.63) is 23.8 Å². The molecule has 0 aliphatic heterocycles. The Labute approximate surface area is 138 Å². The van der Waals surface area contributed by atoms with Crippen molar-refractivity contribution in [3.63, 3.8) is 0 Å². The van der Waals surface area contributed by atoms with E-state index in [9.17, 15) is 4.79 Å². The van der Waals surface area contributed by atoms with E-state index in [4.69, 9.17) is 5.73 Å². The molecule has 0 radical (unpaired) electrons. The van der Waals surface area contributed by atoms with E-state index in [2.05, 4.69) is 37.7 Å². The van der Waals surface area contributed by atoms with Gasteiger partial charge in [0.25, 0.3) is 5.91 Å². The van der Waals surface area contributed by atoms with Gasteiger partial charge in [-0.1, -0.05) is 27.7 Å². The second kappa shape index (κ2) is 7.49. The lowest BCUT2D eigenvalue weighted by Gasteiger charge is -2.24. The molecule has 0 spiro atoms. The first-order chi connectivity index (χ1) is 10.9. The van der Waals surface area contributed by atoms with E-state index in [-0.39, 0.29) is 5.91 Å². The van der Waals surface area contributed by atoms with Crippen LogP contribution in [0.3, 0.4) is 0 Å². The molecular formula is C18H28N4O. The van der Waals surface area contributed by atoms with E-state index in [1.165, 1.54) is 0 Å². The third-order valence-electron chi connectivity index (χ3n) is 3.99. The number of amides is 1. The van der Waals surface area contributed by atoms with Crippen molar-refractivity contribution in [1.82, 2.24) is 14.9 Å². The molecule has 0 aliphatic carbocycles. The highest BCUT2D eigenvalue weighted by Gasteiger charge is 2.17. The summed E-state index contributed by atoms with van der Waals surface area (Å²) in [5.41, 5.74) is 7.96. The molecule has 5 heteroatoms. The molecule has 1 heterocycles. The third-order valence-corrected chi connectivity index (χ3v) is 3.99. The van der Waals surface area contributed by atoms with Crippen LogP contribution in [0, 0.1) is 11.8 Å². The second-order valence-corrected chi connectivity index (χ2v) is 7.01. The van der Waals surface area contributed by atoms with Crippen LogP contribution in [0.2, 0.25) is 0 Å². The van der Waals surface area contributed by atoms with Gasteiger partial charge >= 0.3 is 0 Å². The summed E-state index contributed by atoms with van der Waals surface area (Å²) in [7, 11) is 0. The summed E-state index contributed by atoms with van der Waals surface area (Å²) in [5, 5.41) is 0. The highest BCUT2D eigenvalue weighted by Crippen LogP contribution is 2.17. The van der Waals surface area contributed by atoms with Gasteiger partial charge in [-0.3, -0.25) is 4.79 Å². The number of H-pyrrole nitrogens is 1. The maximum Gasteiger partial charge on any atom is 0.253 e. The Balaban J connectivity index is 2.18. The Kier molecular flexibility index (Phi) is 5.64. The summed E-state index contributed by atoms with van der Waals surface area (Å²) >= 11 is 0. The minimum atomic E-state index is 0.0846. The predicted molar refractivity (Wildman–Crippen MR) is 95.3 cm³/mol. The molecule has 0 fully saturated rings. The van der Waals surface area contributed by atoms with Crippen molar-refractivity contribution in [2.75, 3.05) is 18.8 Å². The summed E-state index contributed by atoms with van der Waals surface area (Å²) in [6.45, 7) is 10.3. The zero-order valence-corrected chi connectivity index (χ0v) is 14.6. The Morgan fingerprint density at radius 2 is 1.78 bits per heavy atom. The summed E-state index contributed by atoms with van der Waals surface area (Å²) in [5.74, 6) is 1.63. The first-order valence-corrected chi connectivity index (χ1v) is 8.41. The SMILES string of the molecule is CC(C)CCN(CCC(C)C)C(=O)c1ccc2nc(N)[nH]c2c1. The lowest BCUT2D eigenvalue weighted by molar-refractivity contribution is 0.0741. The zero-order chi connectivity index (χ0) is 17.0. The fourth-order valence-electron chi connectivity index (χ4n) is 2.49. The fraction of sp³-hybridized carbons (Fsp3) is 0.556. The number of hydrogen-bond acceptors (Lipinski definition) is 3. The van der Waals surface area contributed by atoms with Gasteiger partial charge in [0.2, 0.25) is 0 Å². The van der Waals surface area contributed by atoms with Gasteiger partial charge in [0, 0.05) is 18.7 Å². The van der Waals surface area contributed by atoms with Crippen molar-refractivity contribution in [1.29, 1.82) is 0 Å². The largest absolute Gasteiger partial charge is 0.369 e.